The van der Waals surface area contributed by atoms with Gasteiger partial charge in [-0.25, -0.2) is 0 Å². The van der Waals surface area contributed by atoms with Crippen LogP contribution in [0, 0.1) is 11.3 Å². The van der Waals surface area contributed by atoms with Gasteiger partial charge in [-0.3, -0.25) is 9.35 Å². The first-order chi connectivity index (χ1) is 3.84. The van der Waals surface area contributed by atoms with Crippen molar-refractivity contribution in [1.82, 2.24) is 9.35 Å². The molecule has 0 bridgehead atoms. The van der Waals surface area contributed by atoms with Crippen molar-refractivity contribution < 1.29 is 0 Å². The van der Waals surface area contributed by atoms with E-state index in [4.69, 9.17) is 5.26 Å². The van der Waals surface area contributed by atoms with Crippen LogP contribution in [0.3, 0.4) is 0 Å². The van der Waals surface area contributed by atoms with Crippen LogP contribution in [0.1, 0.15) is 0 Å². The molecule has 1 aliphatic heterocycles. The molecular weight excluding hydrogens is 172 g/mol. The van der Waals surface area contributed by atoms with Crippen molar-refractivity contribution in [2.45, 2.75) is 6.17 Å². The molecule has 4 nitrogen and oxygen atoms in total. The van der Waals surface area contributed by atoms with Gasteiger partial charge in [-0.2, -0.15) is 10.4 Å². The second-order valence-electron chi connectivity index (χ2n) is 1.25. The third kappa shape index (κ3) is 0.746. The summed E-state index contributed by atoms with van der Waals surface area (Å²) < 4.78 is 1.51. The molecule has 0 fully saturated rings. The van der Waals surface area contributed by atoms with Gasteiger partial charge in [0.2, 0.25) is 6.17 Å². The normalized spacial score (nSPS) is 25.0. The van der Waals surface area contributed by atoms with E-state index in [0.29, 0.717) is 0 Å². The van der Waals surface area contributed by atoms with Gasteiger partial charge in [-0.1, -0.05) is 0 Å². The van der Waals surface area contributed by atoms with Crippen LogP contribution in [0.25, 0.3) is 0 Å². The number of halogens is 1. The van der Waals surface area contributed by atoms with Gasteiger partial charge < -0.3 is 0 Å². The first kappa shape index (κ1) is 5.38. The lowest BCUT2D eigenvalue weighted by atomic mass is 10.6. The number of rotatable bonds is 0. The number of hydrogen-bond donors (Lipinski definition) is 1. The number of nitriles is 1. The van der Waals surface area contributed by atoms with Crippen LogP contribution < -0.4 is 5.43 Å². The van der Waals surface area contributed by atoms with E-state index in [-0.39, 0.29) is 6.17 Å². The maximum absolute atomic E-state index is 8.27. The molecule has 5 heteroatoms. The zero-order valence-corrected chi connectivity index (χ0v) is 5.46. The van der Waals surface area contributed by atoms with Crippen LogP contribution in [0.15, 0.2) is 5.10 Å². The predicted molar refractivity (Wildman–Crippen MR) is 31.8 cm³/mol. The van der Waals surface area contributed by atoms with Gasteiger partial charge in [0.15, 0.2) is 0 Å². The smallest absolute Gasteiger partial charge is 0.214 e. The van der Waals surface area contributed by atoms with Crippen molar-refractivity contribution in [1.29, 1.82) is 5.26 Å². The van der Waals surface area contributed by atoms with E-state index in [1.165, 1.54) is 10.3 Å². The summed E-state index contributed by atoms with van der Waals surface area (Å²) in [6.07, 6.45) is 1.14. The molecule has 1 heterocycles. The van der Waals surface area contributed by atoms with E-state index in [1.54, 1.807) is 0 Å². The fraction of sp³-hybridized carbons (Fsp3) is 0.333. The Labute approximate surface area is 55.1 Å². The van der Waals surface area contributed by atoms with Gasteiger partial charge in [-0.15, -0.1) is 0 Å². The Balaban J connectivity index is 2.54. The molecule has 0 saturated heterocycles. The SMILES string of the molecule is N#CC1NN=CN1Br. The first-order valence-corrected chi connectivity index (χ1v) is 2.68. The van der Waals surface area contributed by atoms with Crippen LogP contribution in [0.2, 0.25) is 0 Å². The van der Waals surface area contributed by atoms with Gasteiger partial charge >= 0.3 is 0 Å². The molecule has 0 aromatic heterocycles. The second kappa shape index (κ2) is 2.01. The molecule has 8 heavy (non-hydrogen) atoms. The van der Waals surface area contributed by atoms with Crippen LogP contribution in [-0.2, 0) is 0 Å². The minimum absolute atomic E-state index is 0.352. The molecule has 0 aromatic rings. The molecule has 0 radical (unpaired) electrons. The fourth-order valence-electron chi connectivity index (χ4n) is 0.365. The van der Waals surface area contributed by atoms with Gasteiger partial charge in [0.25, 0.3) is 0 Å². The summed E-state index contributed by atoms with van der Waals surface area (Å²) in [4.78, 5) is 0. The monoisotopic (exact) mass is 174 g/mol. The first-order valence-electron chi connectivity index (χ1n) is 1.97. The Morgan fingerprint density at radius 1 is 2.00 bits per heavy atom. The molecule has 1 N–H and O–H groups in total. The van der Waals surface area contributed by atoms with Crippen molar-refractivity contribution in [3.05, 3.63) is 0 Å². The Morgan fingerprint density at radius 2 is 2.75 bits per heavy atom. The zero-order valence-electron chi connectivity index (χ0n) is 3.87. The van der Waals surface area contributed by atoms with Crippen molar-refractivity contribution in [2.24, 2.45) is 5.10 Å². The maximum Gasteiger partial charge on any atom is 0.214 e. The van der Waals surface area contributed by atoms with Crippen LogP contribution in [0.4, 0.5) is 0 Å². The average molecular weight is 175 g/mol. The summed E-state index contributed by atoms with van der Waals surface area (Å²) in [7, 11) is 0. The largest absolute Gasteiger partial charge is 0.272 e. The predicted octanol–water partition coefficient (Wildman–Crippen LogP) is -0.00552. The summed E-state index contributed by atoms with van der Waals surface area (Å²) in [6.45, 7) is 0. The van der Waals surface area contributed by atoms with E-state index in [1.807, 2.05) is 6.07 Å². The van der Waals surface area contributed by atoms with Gasteiger partial charge in [0, 0.05) is 0 Å². The molecule has 1 aliphatic rings. The lowest BCUT2D eigenvalue weighted by Gasteiger charge is -2.05. The number of hydrazone groups is 1. The van der Waals surface area contributed by atoms with Crippen molar-refractivity contribution >= 4 is 22.5 Å². The van der Waals surface area contributed by atoms with E-state index >= 15 is 0 Å². The Morgan fingerprint density at radius 3 is 3.00 bits per heavy atom. The Kier molecular flexibility index (Phi) is 1.35. The molecule has 1 rings (SSSR count). The third-order valence-electron chi connectivity index (χ3n) is 0.734. The van der Waals surface area contributed by atoms with E-state index in [9.17, 15) is 0 Å². The molecule has 42 valence electrons. The van der Waals surface area contributed by atoms with Crippen molar-refractivity contribution in [2.75, 3.05) is 0 Å². The lowest BCUT2D eigenvalue weighted by Crippen LogP contribution is -2.27. The van der Waals surface area contributed by atoms with Crippen molar-refractivity contribution in [3.8, 4) is 6.07 Å². The van der Waals surface area contributed by atoms with E-state index in [0.717, 1.165) is 0 Å². The molecule has 0 amide bonds. The third-order valence-corrected chi connectivity index (χ3v) is 1.33. The Bertz CT molecular complexity index is 148. The zero-order chi connectivity index (χ0) is 5.98. The number of nitrogens with one attached hydrogen (secondary N) is 1. The highest BCUT2D eigenvalue weighted by Gasteiger charge is 2.14. The lowest BCUT2D eigenvalue weighted by molar-refractivity contribution is 0.551. The highest BCUT2D eigenvalue weighted by Crippen LogP contribution is 2.02. The molecule has 0 spiro atoms. The van der Waals surface area contributed by atoms with Gasteiger partial charge in [0.05, 0.1) is 16.1 Å². The maximum atomic E-state index is 8.27. The molecule has 1 unspecified atom stereocenters. The highest BCUT2D eigenvalue weighted by molar-refractivity contribution is 9.07. The fourth-order valence-corrected chi connectivity index (χ4v) is 0.640. The number of hydrogen-bond acceptors (Lipinski definition) is 4. The standard InChI is InChI=1S/C3H3BrN4/c4-8-2-6-7-3(8)1-5/h2-3,7H. The molecule has 1 atom stereocenters. The number of nitrogens with zero attached hydrogens (tertiary/aromatic N) is 3. The average Bonchev–Trinajstić information content (AvgIpc) is 2.14. The summed E-state index contributed by atoms with van der Waals surface area (Å²) in [5.41, 5.74) is 2.54. The van der Waals surface area contributed by atoms with Gasteiger partial charge in [-0.05, 0) is 0 Å². The quantitative estimate of drug-likeness (QED) is 0.527. The van der Waals surface area contributed by atoms with Crippen LogP contribution in [0.5, 0.6) is 0 Å². The second-order valence-corrected chi connectivity index (χ2v) is 2.07. The molecule has 0 aliphatic carbocycles. The molecule has 0 aromatic carbocycles. The van der Waals surface area contributed by atoms with Gasteiger partial charge in [0.1, 0.15) is 12.4 Å². The van der Waals surface area contributed by atoms with E-state index in [2.05, 4.69) is 26.7 Å². The molecule has 0 saturated carbocycles. The van der Waals surface area contributed by atoms with Crippen molar-refractivity contribution in [3.63, 3.8) is 0 Å². The Hall–Kier alpha value is -0.760. The topological polar surface area (TPSA) is 51.4 Å². The summed E-state index contributed by atoms with van der Waals surface area (Å²) in [5, 5.41) is 11.9. The summed E-state index contributed by atoms with van der Waals surface area (Å²) >= 11 is 3.06. The minimum Gasteiger partial charge on any atom is -0.272 e. The van der Waals surface area contributed by atoms with Crippen LogP contribution >= 0.6 is 16.1 Å². The minimum atomic E-state index is -0.352. The highest BCUT2D eigenvalue weighted by atomic mass is 79.9. The summed E-state index contributed by atoms with van der Waals surface area (Å²) in [6, 6.07) is 1.96. The van der Waals surface area contributed by atoms with E-state index < -0.39 is 0 Å². The summed E-state index contributed by atoms with van der Waals surface area (Å²) in [5.74, 6) is 0. The molecular formula is C3H3BrN4. The van der Waals surface area contributed by atoms with Crippen LogP contribution in [-0.4, -0.2) is 16.4 Å².